The van der Waals surface area contributed by atoms with E-state index in [0.29, 0.717) is 17.2 Å². The highest BCUT2D eigenvalue weighted by molar-refractivity contribution is 7.80. The van der Waals surface area contributed by atoms with E-state index in [-0.39, 0.29) is 5.97 Å². The molecule has 0 bridgehead atoms. The molecule has 0 aromatic heterocycles. The summed E-state index contributed by atoms with van der Waals surface area (Å²) < 4.78 is 4.78. The molecule has 2 aromatic carbocycles. The Morgan fingerprint density at radius 3 is 2.61 bits per heavy atom. The zero-order valence-electron chi connectivity index (χ0n) is 13.5. The minimum atomic E-state index is -0.357. The molecule has 0 aliphatic rings. The van der Waals surface area contributed by atoms with Crippen LogP contribution in [0, 0.1) is 13.8 Å². The maximum Gasteiger partial charge on any atom is 0.338 e. The van der Waals surface area contributed by atoms with Crippen LogP contribution in [0.3, 0.4) is 0 Å². The Bertz CT molecular complexity index is 729. The van der Waals surface area contributed by atoms with E-state index in [0.717, 1.165) is 16.8 Å². The van der Waals surface area contributed by atoms with Gasteiger partial charge in [0.25, 0.3) is 0 Å². The smallest absolute Gasteiger partial charge is 0.338 e. The van der Waals surface area contributed by atoms with Crippen molar-refractivity contribution in [2.75, 3.05) is 12.4 Å². The lowest BCUT2D eigenvalue weighted by Crippen LogP contribution is -2.28. The van der Waals surface area contributed by atoms with E-state index in [1.54, 1.807) is 12.1 Å². The summed E-state index contributed by atoms with van der Waals surface area (Å²) in [6, 6.07) is 13.6. The molecule has 2 aromatic rings. The Labute approximate surface area is 141 Å². The molecule has 0 saturated heterocycles. The predicted octanol–water partition coefficient (Wildman–Crippen LogP) is 3.58. The van der Waals surface area contributed by atoms with E-state index in [9.17, 15) is 4.79 Å². The van der Waals surface area contributed by atoms with E-state index in [1.165, 1.54) is 12.7 Å². The van der Waals surface area contributed by atoms with Crippen molar-refractivity contribution in [3.8, 4) is 0 Å². The minimum Gasteiger partial charge on any atom is -0.465 e. The highest BCUT2D eigenvalue weighted by Gasteiger charge is 2.12. The number of esters is 1. The monoisotopic (exact) mass is 328 g/mol. The SMILES string of the molecule is COC(=O)c1cccc(NC(=S)NCc2cccc(C)c2)c1C. The third kappa shape index (κ3) is 4.53. The molecule has 0 amide bonds. The van der Waals surface area contributed by atoms with Gasteiger partial charge in [-0.25, -0.2) is 4.79 Å². The second kappa shape index (κ2) is 7.74. The maximum absolute atomic E-state index is 11.7. The Morgan fingerprint density at radius 1 is 1.17 bits per heavy atom. The first-order chi connectivity index (χ1) is 11.0. The normalized spacial score (nSPS) is 10.0. The molecule has 120 valence electrons. The lowest BCUT2D eigenvalue weighted by Gasteiger charge is -2.14. The van der Waals surface area contributed by atoms with Gasteiger partial charge in [0.05, 0.1) is 12.7 Å². The third-order valence-electron chi connectivity index (χ3n) is 3.52. The van der Waals surface area contributed by atoms with Gasteiger partial charge >= 0.3 is 5.97 Å². The van der Waals surface area contributed by atoms with Gasteiger partial charge in [-0.2, -0.15) is 0 Å². The average Bonchev–Trinajstić information content (AvgIpc) is 2.54. The number of carbonyl (C=O) groups excluding carboxylic acids is 1. The first-order valence-electron chi connectivity index (χ1n) is 7.29. The van der Waals surface area contributed by atoms with Crippen molar-refractivity contribution in [3.63, 3.8) is 0 Å². The van der Waals surface area contributed by atoms with Gasteiger partial charge in [-0.1, -0.05) is 35.9 Å². The molecule has 0 aliphatic carbocycles. The molecule has 0 heterocycles. The molecular formula is C18H20N2O2S. The highest BCUT2D eigenvalue weighted by Crippen LogP contribution is 2.19. The molecule has 0 unspecified atom stereocenters. The molecule has 0 aliphatic heterocycles. The number of benzene rings is 2. The van der Waals surface area contributed by atoms with E-state index in [1.807, 2.05) is 25.1 Å². The summed E-state index contributed by atoms with van der Waals surface area (Å²) in [6.07, 6.45) is 0. The minimum absolute atomic E-state index is 0.357. The van der Waals surface area contributed by atoms with Crippen LogP contribution >= 0.6 is 12.2 Å². The maximum atomic E-state index is 11.7. The summed E-state index contributed by atoms with van der Waals surface area (Å²) in [4.78, 5) is 11.7. The van der Waals surface area contributed by atoms with Crippen molar-refractivity contribution < 1.29 is 9.53 Å². The van der Waals surface area contributed by atoms with Crippen LogP contribution in [0.5, 0.6) is 0 Å². The third-order valence-corrected chi connectivity index (χ3v) is 3.77. The second-order valence-corrected chi connectivity index (χ2v) is 5.67. The van der Waals surface area contributed by atoms with E-state index in [4.69, 9.17) is 17.0 Å². The highest BCUT2D eigenvalue weighted by atomic mass is 32.1. The molecule has 23 heavy (non-hydrogen) atoms. The van der Waals surface area contributed by atoms with Crippen LogP contribution in [-0.4, -0.2) is 18.2 Å². The number of anilines is 1. The summed E-state index contributed by atoms with van der Waals surface area (Å²) in [6.45, 7) is 4.56. The molecule has 0 atom stereocenters. The van der Waals surface area contributed by atoms with Gasteiger partial charge < -0.3 is 15.4 Å². The number of carbonyl (C=O) groups is 1. The molecule has 2 N–H and O–H groups in total. The molecule has 4 nitrogen and oxygen atoms in total. The molecule has 0 spiro atoms. The summed E-state index contributed by atoms with van der Waals surface area (Å²) in [5.41, 5.74) is 4.49. The summed E-state index contributed by atoms with van der Waals surface area (Å²) in [5, 5.41) is 6.81. The largest absolute Gasteiger partial charge is 0.465 e. The first kappa shape index (κ1) is 17.0. The molecule has 0 radical (unpaired) electrons. The fraction of sp³-hybridized carbons (Fsp3) is 0.222. The zero-order valence-corrected chi connectivity index (χ0v) is 14.3. The predicted molar refractivity (Wildman–Crippen MR) is 96.8 cm³/mol. The van der Waals surface area contributed by atoms with Gasteiger partial charge in [-0.3, -0.25) is 0 Å². The Kier molecular flexibility index (Phi) is 5.71. The van der Waals surface area contributed by atoms with Crippen molar-refractivity contribution in [2.45, 2.75) is 20.4 Å². The molecule has 5 heteroatoms. The van der Waals surface area contributed by atoms with Crippen molar-refractivity contribution in [2.24, 2.45) is 0 Å². The zero-order chi connectivity index (χ0) is 16.8. The Balaban J connectivity index is 2.02. The molecule has 2 rings (SSSR count). The summed E-state index contributed by atoms with van der Waals surface area (Å²) in [7, 11) is 1.37. The standard InChI is InChI=1S/C18H20N2O2S/c1-12-6-4-7-14(10-12)11-19-18(23)20-16-9-5-8-15(13(16)2)17(21)22-3/h4-10H,11H2,1-3H3,(H2,19,20,23). The molecule has 0 fully saturated rings. The number of rotatable bonds is 4. The van der Waals surface area contributed by atoms with Crippen molar-refractivity contribution in [1.82, 2.24) is 5.32 Å². The van der Waals surface area contributed by atoms with Crippen LogP contribution in [0.1, 0.15) is 27.0 Å². The number of aryl methyl sites for hydroxylation is 1. The van der Waals surface area contributed by atoms with Crippen LogP contribution < -0.4 is 10.6 Å². The average molecular weight is 328 g/mol. The van der Waals surface area contributed by atoms with Gasteiger partial charge in [0.2, 0.25) is 0 Å². The van der Waals surface area contributed by atoms with E-state index in [2.05, 4.69) is 29.7 Å². The van der Waals surface area contributed by atoms with Crippen LogP contribution in [0.15, 0.2) is 42.5 Å². The number of ether oxygens (including phenoxy) is 1. The van der Waals surface area contributed by atoms with Gasteiger partial charge in [0.15, 0.2) is 5.11 Å². The van der Waals surface area contributed by atoms with Crippen LogP contribution in [0.4, 0.5) is 5.69 Å². The van der Waals surface area contributed by atoms with Crippen molar-refractivity contribution in [3.05, 3.63) is 64.7 Å². The van der Waals surface area contributed by atoms with Crippen LogP contribution in [0.2, 0.25) is 0 Å². The number of methoxy groups -OCH3 is 1. The summed E-state index contributed by atoms with van der Waals surface area (Å²) >= 11 is 5.33. The number of hydrogen-bond donors (Lipinski definition) is 2. The molecule has 0 saturated carbocycles. The van der Waals surface area contributed by atoms with Crippen LogP contribution in [0.25, 0.3) is 0 Å². The van der Waals surface area contributed by atoms with Gasteiger partial charge in [-0.05, 0) is 49.3 Å². The summed E-state index contributed by atoms with van der Waals surface area (Å²) in [5.74, 6) is -0.357. The topological polar surface area (TPSA) is 50.4 Å². The van der Waals surface area contributed by atoms with Crippen LogP contribution in [-0.2, 0) is 11.3 Å². The quantitative estimate of drug-likeness (QED) is 0.664. The van der Waals surface area contributed by atoms with Gasteiger partial charge in [0.1, 0.15) is 0 Å². The lowest BCUT2D eigenvalue weighted by molar-refractivity contribution is 0.0600. The van der Waals surface area contributed by atoms with Crippen molar-refractivity contribution >= 4 is 29.0 Å². The number of thiocarbonyl (C=S) groups is 1. The lowest BCUT2D eigenvalue weighted by atomic mass is 10.1. The van der Waals surface area contributed by atoms with Gasteiger partial charge in [0, 0.05) is 12.2 Å². The second-order valence-electron chi connectivity index (χ2n) is 5.27. The molecular weight excluding hydrogens is 308 g/mol. The van der Waals surface area contributed by atoms with E-state index >= 15 is 0 Å². The van der Waals surface area contributed by atoms with Gasteiger partial charge in [-0.15, -0.1) is 0 Å². The number of hydrogen-bond acceptors (Lipinski definition) is 3. The fourth-order valence-electron chi connectivity index (χ4n) is 2.27. The first-order valence-corrected chi connectivity index (χ1v) is 7.70. The Morgan fingerprint density at radius 2 is 1.91 bits per heavy atom. The van der Waals surface area contributed by atoms with Crippen molar-refractivity contribution in [1.29, 1.82) is 0 Å². The Hall–Kier alpha value is -2.40. The van der Waals surface area contributed by atoms with E-state index < -0.39 is 0 Å². The number of nitrogens with one attached hydrogen (secondary N) is 2. The fourth-order valence-corrected chi connectivity index (χ4v) is 2.46.